The smallest absolute Gasteiger partial charge is 0.161 e. The van der Waals surface area contributed by atoms with Gasteiger partial charge in [0.1, 0.15) is 12.1 Å². The molecule has 1 aromatic heterocycles. The van der Waals surface area contributed by atoms with Crippen molar-refractivity contribution in [3.63, 3.8) is 0 Å². The number of aromatic nitrogens is 3. The quantitative estimate of drug-likeness (QED) is 0.825. The summed E-state index contributed by atoms with van der Waals surface area (Å²) >= 11 is 5.96. The van der Waals surface area contributed by atoms with Crippen LogP contribution in [0.25, 0.3) is 11.4 Å². The second-order valence-electron chi connectivity index (χ2n) is 2.69. The van der Waals surface area contributed by atoms with Gasteiger partial charge >= 0.3 is 0 Å². The van der Waals surface area contributed by atoms with E-state index in [1.807, 2.05) is 6.07 Å². The van der Waals surface area contributed by atoms with Crippen molar-refractivity contribution >= 4 is 11.6 Å². The van der Waals surface area contributed by atoms with Gasteiger partial charge in [0.25, 0.3) is 0 Å². The number of methoxy groups -OCH3 is 1. The molecule has 1 aromatic carbocycles. The van der Waals surface area contributed by atoms with E-state index in [9.17, 15) is 0 Å². The summed E-state index contributed by atoms with van der Waals surface area (Å²) in [6.07, 6.45) is 1.52. The monoisotopic (exact) mass is 209 g/mol. The Morgan fingerprint density at radius 3 is 2.86 bits per heavy atom. The molecule has 0 aliphatic carbocycles. The van der Waals surface area contributed by atoms with Crippen LogP contribution in [0.3, 0.4) is 0 Å². The van der Waals surface area contributed by atoms with Crippen molar-refractivity contribution in [3.8, 4) is 17.1 Å². The molecule has 0 unspecified atom stereocenters. The molecular weight excluding hydrogens is 202 g/mol. The molecule has 2 aromatic rings. The number of rotatable bonds is 2. The van der Waals surface area contributed by atoms with Crippen LogP contribution in [-0.2, 0) is 0 Å². The third-order valence-electron chi connectivity index (χ3n) is 1.84. The van der Waals surface area contributed by atoms with Crippen LogP contribution in [0.4, 0.5) is 0 Å². The van der Waals surface area contributed by atoms with E-state index in [2.05, 4.69) is 15.2 Å². The summed E-state index contributed by atoms with van der Waals surface area (Å²) < 4.78 is 5.04. The summed E-state index contributed by atoms with van der Waals surface area (Å²) in [6.45, 7) is 0. The molecule has 0 saturated heterocycles. The summed E-state index contributed by atoms with van der Waals surface area (Å²) in [4.78, 5) is 2.90. The highest BCUT2D eigenvalue weighted by Gasteiger charge is 2.05. The van der Waals surface area contributed by atoms with Gasteiger partial charge in [-0.3, -0.25) is 0 Å². The van der Waals surface area contributed by atoms with Crippen LogP contribution in [0.5, 0.6) is 5.75 Å². The predicted molar refractivity (Wildman–Crippen MR) is 53.4 cm³/mol. The van der Waals surface area contributed by atoms with Gasteiger partial charge in [0, 0.05) is 5.56 Å². The van der Waals surface area contributed by atoms with Crippen LogP contribution < -0.4 is 4.74 Å². The van der Waals surface area contributed by atoms with Gasteiger partial charge in [-0.25, -0.2) is 0 Å². The molecule has 0 bridgehead atoms. The molecule has 0 saturated carbocycles. The number of aromatic amines is 1. The summed E-state index contributed by atoms with van der Waals surface area (Å²) in [6, 6.07) is 5.44. The van der Waals surface area contributed by atoms with Crippen LogP contribution in [0.2, 0.25) is 5.02 Å². The third-order valence-corrected chi connectivity index (χ3v) is 2.14. The van der Waals surface area contributed by atoms with Gasteiger partial charge in [0.15, 0.2) is 5.82 Å². The van der Waals surface area contributed by atoms with Crippen LogP contribution >= 0.6 is 11.6 Å². The van der Waals surface area contributed by atoms with E-state index < -0.39 is 0 Å². The highest BCUT2D eigenvalue weighted by Crippen LogP contribution is 2.28. The lowest BCUT2D eigenvalue weighted by Crippen LogP contribution is -1.86. The second-order valence-corrected chi connectivity index (χ2v) is 3.09. The molecule has 72 valence electrons. The van der Waals surface area contributed by atoms with Gasteiger partial charge < -0.3 is 9.72 Å². The average molecular weight is 210 g/mol. The lowest BCUT2D eigenvalue weighted by molar-refractivity contribution is 0.415. The molecule has 0 aliphatic heterocycles. The van der Waals surface area contributed by atoms with E-state index in [4.69, 9.17) is 16.3 Å². The van der Waals surface area contributed by atoms with Crippen molar-refractivity contribution in [3.05, 3.63) is 29.5 Å². The van der Waals surface area contributed by atoms with Gasteiger partial charge in [-0.05, 0) is 18.2 Å². The molecule has 0 fully saturated rings. The van der Waals surface area contributed by atoms with Gasteiger partial charge in [-0.2, -0.15) is 0 Å². The Bertz CT molecular complexity index is 428. The van der Waals surface area contributed by atoms with E-state index in [0.717, 1.165) is 5.56 Å². The molecule has 0 aliphatic rings. The maximum atomic E-state index is 5.96. The number of nitrogens with zero attached hydrogens (tertiary/aromatic N) is 2. The first-order chi connectivity index (χ1) is 6.81. The molecule has 0 radical (unpaired) electrons. The molecule has 0 spiro atoms. The highest BCUT2D eigenvalue weighted by molar-refractivity contribution is 6.32. The maximum absolute atomic E-state index is 5.96. The normalized spacial score (nSPS) is 10.1. The molecule has 4 nitrogen and oxygen atoms in total. The van der Waals surface area contributed by atoms with Crippen molar-refractivity contribution in [2.75, 3.05) is 7.11 Å². The largest absolute Gasteiger partial charge is 0.495 e. The highest BCUT2D eigenvalue weighted by atomic mass is 35.5. The minimum Gasteiger partial charge on any atom is -0.495 e. The van der Waals surface area contributed by atoms with Gasteiger partial charge in [0.05, 0.1) is 12.1 Å². The molecule has 2 rings (SSSR count). The molecule has 0 amide bonds. The van der Waals surface area contributed by atoms with Crippen molar-refractivity contribution in [1.29, 1.82) is 0 Å². The number of H-pyrrole nitrogens is 1. The fourth-order valence-electron chi connectivity index (χ4n) is 1.16. The zero-order valence-electron chi connectivity index (χ0n) is 7.49. The van der Waals surface area contributed by atoms with E-state index >= 15 is 0 Å². The van der Waals surface area contributed by atoms with Crippen LogP contribution in [0.1, 0.15) is 0 Å². The van der Waals surface area contributed by atoms with Crippen molar-refractivity contribution < 1.29 is 4.74 Å². The van der Waals surface area contributed by atoms with Crippen LogP contribution in [0, 0.1) is 0 Å². The van der Waals surface area contributed by atoms with Crippen molar-refractivity contribution in [2.45, 2.75) is 0 Å². The number of hydrogen-bond acceptors (Lipinski definition) is 3. The van der Waals surface area contributed by atoms with Gasteiger partial charge in [-0.15, -0.1) is 10.2 Å². The lowest BCUT2D eigenvalue weighted by Gasteiger charge is -2.03. The Kier molecular flexibility index (Phi) is 2.37. The van der Waals surface area contributed by atoms with E-state index in [1.165, 1.54) is 6.33 Å². The topological polar surface area (TPSA) is 50.8 Å². The SMILES string of the molecule is COc1ccc(-c2nnc[nH]2)cc1Cl. The average Bonchev–Trinajstić information content (AvgIpc) is 2.70. The molecular formula is C9H8ClN3O. The Morgan fingerprint density at radius 2 is 2.29 bits per heavy atom. The summed E-state index contributed by atoms with van der Waals surface area (Å²) in [5.74, 6) is 1.34. The number of nitrogens with one attached hydrogen (secondary N) is 1. The van der Waals surface area contributed by atoms with E-state index in [0.29, 0.717) is 16.6 Å². The first-order valence-corrected chi connectivity index (χ1v) is 4.39. The molecule has 14 heavy (non-hydrogen) atoms. The minimum absolute atomic E-state index is 0.557. The van der Waals surface area contributed by atoms with Crippen molar-refractivity contribution in [1.82, 2.24) is 15.2 Å². The Labute approximate surface area is 85.9 Å². The number of halogens is 1. The minimum atomic E-state index is 0.557. The molecule has 0 atom stereocenters. The Hall–Kier alpha value is -1.55. The van der Waals surface area contributed by atoms with Gasteiger partial charge in [0.2, 0.25) is 0 Å². The first kappa shape index (κ1) is 9.02. The van der Waals surface area contributed by atoms with Crippen LogP contribution in [-0.4, -0.2) is 22.3 Å². The first-order valence-electron chi connectivity index (χ1n) is 4.01. The fraction of sp³-hybridized carbons (Fsp3) is 0.111. The fourth-order valence-corrected chi connectivity index (χ4v) is 1.42. The zero-order valence-corrected chi connectivity index (χ0v) is 8.25. The van der Waals surface area contributed by atoms with Crippen molar-refractivity contribution in [2.24, 2.45) is 0 Å². The summed E-state index contributed by atoms with van der Waals surface area (Å²) in [5, 5.41) is 8.13. The van der Waals surface area contributed by atoms with E-state index in [1.54, 1.807) is 19.2 Å². The van der Waals surface area contributed by atoms with Crippen LogP contribution in [0.15, 0.2) is 24.5 Å². The summed E-state index contributed by atoms with van der Waals surface area (Å²) in [7, 11) is 1.58. The third kappa shape index (κ3) is 1.56. The molecule has 5 heteroatoms. The number of ether oxygens (including phenoxy) is 1. The Morgan fingerprint density at radius 1 is 1.43 bits per heavy atom. The molecule has 1 N–H and O–H groups in total. The molecule has 1 heterocycles. The number of benzene rings is 1. The lowest BCUT2D eigenvalue weighted by atomic mass is 10.2. The van der Waals surface area contributed by atoms with Gasteiger partial charge in [-0.1, -0.05) is 11.6 Å². The zero-order chi connectivity index (χ0) is 9.97. The van der Waals surface area contributed by atoms with E-state index in [-0.39, 0.29) is 0 Å². The predicted octanol–water partition coefficient (Wildman–Crippen LogP) is 2.13. The number of hydrogen-bond donors (Lipinski definition) is 1. The summed E-state index contributed by atoms with van der Waals surface area (Å²) in [5.41, 5.74) is 0.883. The standard InChI is InChI=1S/C9H8ClN3O/c1-14-8-3-2-6(4-7(8)10)9-11-5-12-13-9/h2-5H,1H3,(H,11,12,13). The Balaban J connectivity index is 2.43. The maximum Gasteiger partial charge on any atom is 0.161 e. The second kappa shape index (κ2) is 3.67.